The van der Waals surface area contributed by atoms with E-state index in [0.717, 1.165) is 25.6 Å². The van der Waals surface area contributed by atoms with E-state index in [1.165, 1.54) is 0 Å². The van der Waals surface area contributed by atoms with Gasteiger partial charge < -0.3 is 5.11 Å². The van der Waals surface area contributed by atoms with Gasteiger partial charge in [-0.05, 0) is 17.7 Å². The van der Waals surface area contributed by atoms with Gasteiger partial charge in [0, 0.05) is 20.4 Å². The Morgan fingerprint density at radius 3 is 2.92 bits per heavy atom. The van der Waals surface area contributed by atoms with E-state index in [1.807, 2.05) is 17.5 Å². The molecule has 0 radical (unpaired) electrons. The molecule has 0 saturated carbocycles. The fraction of sp³-hybridized carbons (Fsp3) is 0.111. The van der Waals surface area contributed by atoms with Gasteiger partial charge in [0.05, 0.1) is 11.6 Å². The molecule has 4 heteroatoms. The lowest BCUT2D eigenvalue weighted by atomic mass is 10.2. The minimum Gasteiger partial charge on any atom is -0.392 e. The maximum Gasteiger partial charge on any atom is 0.0692 e. The summed E-state index contributed by atoms with van der Waals surface area (Å²) < 4.78 is 1.10. The average Bonchev–Trinajstić information content (AvgIpc) is 2.46. The Hall–Kier alpha value is -0.220. The topological polar surface area (TPSA) is 20.2 Å². The highest BCUT2D eigenvalue weighted by atomic mass is 35.5. The Balaban J connectivity index is 2.77. The van der Waals surface area contributed by atoms with Crippen LogP contribution in [0.25, 0.3) is 10.1 Å². The number of aliphatic hydroxyl groups is 1. The second-order valence-electron chi connectivity index (χ2n) is 2.72. The summed E-state index contributed by atoms with van der Waals surface area (Å²) in [6.45, 7) is 0.000941. The number of hydrogen-bond acceptors (Lipinski definition) is 3. The first-order chi connectivity index (χ1) is 6.22. The lowest BCUT2D eigenvalue weighted by molar-refractivity contribution is 0.279. The summed E-state index contributed by atoms with van der Waals surface area (Å²) >= 11 is 11.8. The van der Waals surface area contributed by atoms with Gasteiger partial charge >= 0.3 is 0 Å². The van der Waals surface area contributed by atoms with Crippen LogP contribution in [0.3, 0.4) is 0 Å². The average molecular weight is 231 g/mol. The van der Waals surface area contributed by atoms with E-state index < -0.39 is 0 Å². The number of benzene rings is 1. The molecule has 1 heterocycles. The number of halogens is 1. The Bertz CT molecular complexity index is 450. The van der Waals surface area contributed by atoms with E-state index in [0.29, 0.717) is 0 Å². The predicted octanol–water partition coefficient (Wildman–Crippen LogP) is 3.34. The van der Waals surface area contributed by atoms with Gasteiger partial charge in [0.15, 0.2) is 0 Å². The number of fused-ring (bicyclic) bond motifs is 1. The van der Waals surface area contributed by atoms with Crippen molar-refractivity contribution in [2.24, 2.45) is 0 Å². The molecule has 0 aliphatic heterocycles. The van der Waals surface area contributed by atoms with Gasteiger partial charge in [0.1, 0.15) is 0 Å². The van der Waals surface area contributed by atoms with Gasteiger partial charge in [-0.2, -0.15) is 0 Å². The minimum atomic E-state index is 0.000941. The lowest BCUT2D eigenvalue weighted by Gasteiger charge is -2.01. The van der Waals surface area contributed by atoms with E-state index in [4.69, 9.17) is 16.7 Å². The summed E-state index contributed by atoms with van der Waals surface area (Å²) in [5.74, 6) is 0. The summed E-state index contributed by atoms with van der Waals surface area (Å²) in [7, 11) is 0. The van der Waals surface area contributed by atoms with E-state index in [-0.39, 0.29) is 6.61 Å². The van der Waals surface area contributed by atoms with Crippen LogP contribution >= 0.6 is 35.6 Å². The molecule has 0 fully saturated rings. The molecule has 0 spiro atoms. The molecule has 0 amide bonds. The third-order valence-electron chi connectivity index (χ3n) is 1.90. The van der Waals surface area contributed by atoms with E-state index >= 15 is 0 Å². The van der Waals surface area contributed by atoms with Gasteiger partial charge in [-0.15, -0.1) is 24.0 Å². The molecule has 13 heavy (non-hydrogen) atoms. The highest BCUT2D eigenvalue weighted by Crippen LogP contribution is 2.33. The monoisotopic (exact) mass is 230 g/mol. The number of rotatable bonds is 1. The van der Waals surface area contributed by atoms with Gasteiger partial charge in [-0.1, -0.05) is 11.6 Å². The van der Waals surface area contributed by atoms with Crippen LogP contribution in [0.15, 0.2) is 22.4 Å². The Morgan fingerprint density at radius 2 is 2.23 bits per heavy atom. The van der Waals surface area contributed by atoms with Crippen LogP contribution in [-0.2, 0) is 6.61 Å². The first kappa shape index (κ1) is 9.34. The molecule has 0 bridgehead atoms. The highest BCUT2D eigenvalue weighted by molar-refractivity contribution is 7.80. The highest BCUT2D eigenvalue weighted by Gasteiger charge is 2.05. The van der Waals surface area contributed by atoms with Crippen molar-refractivity contribution in [1.82, 2.24) is 0 Å². The van der Waals surface area contributed by atoms with Crippen molar-refractivity contribution in [2.75, 3.05) is 0 Å². The molecule has 1 aromatic carbocycles. The zero-order chi connectivity index (χ0) is 9.42. The molecule has 1 aromatic heterocycles. The van der Waals surface area contributed by atoms with Gasteiger partial charge in [-0.25, -0.2) is 0 Å². The van der Waals surface area contributed by atoms with Crippen molar-refractivity contribution in [3.8, 4) is 0 Å². The van der Waals surface area contributed by atoms with Gasteiger partial charge in [-0.3, -0.25) is 0 Å². The minimum absolute atomic E-state index is 0.000941. The maximum atomic E-state index is 9.02. The number of aliphatic hydroxyl groups excluding tert-OH is 1. The van der Waals surface area contributed by atoms with Crippen molar-refractivity contribution in [3.63, 3.8) is 0 Å². The first-order valence-corrected chi connectivity index (χ1v) is 5.42. The molecule has 68 valence electrons. The van der Waals surface area contributed by atoms with Crippen LogP contribution in [-0.4, -0.2) is 5.11 Å². The third-order valence-corrected chi connectivity index (χ3v) is 3.70. The van der Waals surface area contributed by atoms with Crippen LogP contribution in [0.2, 0.25) is 5.02 Å². The van der Waals surface area contributed by atoms with Crippen molar-refractivity contribution in [3.05, 3.63) is 28.1 Å². The van der Waals surface area contributed by atoms with Gasteiger partial charge in [0.2, 0.25) is 0 Å². The van der Waals surface area contributed by atoms with Crippen LogP contribution in [0, 0.1) is 0 Å². The molecule has 0 saturated heterocycles. The summed E-state index contributed by atoms with van der Waals surface area (Å²) in [6.07, 6.45) is 0. The second kappa shape index (κ2) is 3.50. The fourth-order valence-electron chi connectivity index (χ4n) is 1.20. The third kappa shape index (κ3) is 1.57. The van der Waals surface area contributed by atoms with Crippen molar-refractivity contribution in [1.29, 1.82) is 0 Å². The lowest BCUT2D eigenvalue weighted by Crippen LogP contribution is -1.84. The molecule has 1 N–H and O–H groups in total. The van der Waals surface area contributed by atoms with Crippen molar-refractivity contribution < 1.29 is 5.11 Å². The summed E-state index contributed by atoms with van der Waals surface area (Å²) in [6, 6.07) is 3.82. The molecular formula is C9H7ClOS2. The Labute approximate surface area is 90.4 Å². The van der Waals surface area contributed by atoms with Crippen molar-refractivity contribution >= 4 is 45.7 Å². The molecule has 0 unspecified atom stereocenters. The molecule has 0 atom stereocenters. The molecule has 0 aliphatic carbocycles. The zero-order valence-corrected chi connectivity index (χ0v) is 9.09. The van der Waals surface area contributed by atoms with Crippen LogP contribution < -0.4 is 0 Å². The SMILES string of the molecule is OCc1cc2c(Cl)csc2cc1S. The molecule has 1 nitrogen and oxygen atoms in total. The maximum absolute atomic E-state index is 9.02. The summed E-state index contributed by atoms with van der Waals surface area (Å²) in [4.78, 5) is 0.813. The largest absolute Gasteiger partial charge is 0.392 e. The molecule has 0 aliphatic rings. The van der Waals surface area contributed by atoms with Crippen molar-refractivity contribution in [2.45, 2.75) is 11.5 Å². The smallest absolute Gasteiger partial charge is 0.0692 e. The Morgan fingerprint density at radius 1 is 1.46 bits per heavy atom. The molecular weight excluding hydrogens is 224 g/mol. The van der Waals surface area contributed by atoms with E-state index in [1.54, 1.807) is 11.3 Å². The second-order valence-corrected chi connectivity index (χ2v) is 4.52. The number of thiophene rings is 1. The Kier molecular flexibility index (Phi) is 2.51. The standard InChI is InChI=1S/C9H7ClOS2/c10-7-4-13-9-2-8(12)5(3-11)1-6(7)9/h1-2,4,11-12H,3H2. The predicted molar refractivity (Wildman–Crippen MR) is 60.0 cm³/mol. The number of hydrogen-bond donors (Lipinski definition) is 2. The quantitative estimate of drug-likeness (QED) is 0.720. The number of thiol groups is 1. The molecule has 2 aromatic rings. The first-order valence-electron chi connectivity index (χ1n) is 3.72. The van der Waals surface area contributed by atoms with E-state index in [9.17, 15) is 0 Å². The normalized spacial score (nSPS) is 11.0. The summed E-state index contributed by atoms with van der Waals surface area (Å²) in [5.41, 5.74) is 0.816. The van der Waals surface area contributed by atoms with Crippen LogP contribution in [0.1, 0.15) is 5.56 Å². The van der Waals surface area contributed by atoms with Crippen LogP contribution in [0.5, 0.6) is 0 Å². The summed E-state index contributed by atoms with van der Waals surface area (Å²) in [5, 5.41) is 12.6. The zero-order valence-electron chi connectivity index (χ0n) is 6.62. The van der Waals surface area contributed by atoms with E-state index in [2.05, 4.69) is 12.6 Å². The molecule has 2 rings (SSSR count). The fourth-order valence-corrected chi connectivity index (χ4v) is 2.74. The van der Waals surface area contributed by atoms with Crippen LogP contribution in [0.4, 0.5) is 0 Å². The van der Waals surface area contributed by atoms with Gasteiger partial charge in [0.25, 0.3) is 0 Å².